The third kappa shape index (κ3) is 1.65. The standard InChI is InChI=1S/C8H11NO3/c1-5-7(8(10)11)3-6(12-5)4-9-2/h3,9H,4H2,1-2H3,(H,10,11). The van der Waals surface area contributed by atoms with E-state index in [1.807, 2.05) is 0 Å². The van der Waals surface area contributed by atoms with Crippen LogP contribution >= 0.6 is 0 Å². The molecule has 0 aromatic carbocycles. The lowest BCUT2D eigenvalue weighted by Crippen LogP contribution is -2.03. The van der Waals surface area contributed by atoms with Crippen molar-refractivity contribution in [1.29, 1.82) is 0 Å². The topological polar surface area (TPSA) is 62.5 Å². The summed E-state index contributed by atoms with van der Waals surface area (Å²) in [5, 5.41) is 11.5. The fourth-order valence-electron chi connectivity index (χ4n) is 1.02. The number of furan rings is 1. The summed E-state index contributed by atoms with van der Waals surface area (Å²) in [4.78, 5) is 10.6. The average Bonchev–Trinajstić information content (AvgIpc) is 2.32. The van der Waals surface area contributed by atoms with E-state index in [9.17, 15) is 4.79 Å². The molecule has 4 heteroatoms. The number of hydrogen-bond acceptors (Lipinski definition) is 3. The maximum atomic E-state index is 10.6. The lowest BCUT2D eigenvalue weighted by molar-refractivity contribution is 0.0695. The maximum absolute atomic E-state index is 10.6. The predicted octanol–water partition coefficient (Wildman–Crippen LogP) is 1.01. The molecular weight excluding hydrogens is 158 g/mol. The van der Waals surface area contributed by atoms with E-state index in [2.05, 4.69) is 5.32 Å². The first-order valence-electron chi connectivity index (χ1n) is 3.62. The lowest BCUT2D eigenvalue weighted by Gasteiger charge is -1.90. The van der Waals surface area contributed by atoms with Crippen molar-refractivity contribution >= 4 is 5.97 Å². The van der Waals surface area contributed by atoms with Gasteiger partial charge >= 0.3 is 5.97 Å². The number of aromatic carboxylic acids is 1. The fraction of sp³-hybridized carbons (Fsp3) is 0.375. The van der Waals surface area contributed by atoms with Gasteiger partial charge in [-0.05, 0) is 20.0 Å². The number of carboxylic acids is 1. The predicted molar refractivity (Wildman–Crippen MR) is 43.2 cm³/mol. The van der Waals surface area contributed by atoms with E-state index in [0.717, 1.165) is 0 Å². The van der Waals surface area contributed by atoms with E-state index in [1.54, 1.807) is 14.0 Å². The van der Waals surface area contributed by atoms with Gasteiger partial charge in [0.2, 0.25) is 0 Å². The molecule has 4 nitrogen and oxygen atoms in total. The molecule has 1 aromatic heterocycles. The molecule has 1 aromatic rings. The quantitative estimate of drug-likeness (QED) is 0.708. The van der Waals surface area contributed by atoms with Crippen LogP contribution in [0.1, 0.15) is 21.9 Å². The number of carbonyl (C=O) groups is 1. The maximum Gasteiger partial charge on any atom is 0.339 e. The monoisotopic (exact) mass is 169 g/mol. The zero-order chi connectivity index (χ0) is 9.14. The SMILES string of the molecule is CNCc1cc(C(=O)O)c(C)o1. The summed E-state index contributed by atoms with van der Waals surface area (Å²) >= 11 is 0. The first-order chi connectivity index (χ1) is 5.65. The Bertz CT molecular complexity index is 290. The summed E-state index contributed by atoms with van der Waals surface area (Å²) in [6, 6.07) is 1.54. The third-order valence-corrected chi connectivity index (χ3v) is 1.55. The second-order valence-corrected chi connectivity index (χ2v) is 2.52. The van der Waals surface area contributed by atoms with Crippen molar-refractivity contribution in [2.24, 2.45) is 0 Å². The van der Waals surface area contributed by atoms with Crippen LogP contribution in [0.25, 0.3) is 0 Å². The normalized spacial score (nSPS) is 10.2. The van der Waals surface area contributed by atoms with E-state index in [-0.39, 0.29) is 5.56 Å². The molecule has 0 aliphatic carbocycles. The summed E-state index contributed by atoms with van der Waals surface area (Å²) in [6.07, 6.45) is 0. The molecule has 0 aliphatic heterocycles. The average molecular weight is 169 g/mol. The highest BCUT2D eigenvalue weighted by molar-refractivity contribution is 5.88. The van der Waals surface area contributed by atoms with Gasteiger partial charge in [0.1, 0.15) is 17.1 Å². The molecule has 0 saturated carbocycles. The second kappa shape index (κ2) is 3.40. The van der Waals surface area contributed by atoms with Gasteiger partial charge in [-0.25, -0.2) is 4.79 Å². The number of carboxylic acid groups (broad SMARTS) is 1. The van der Waals surface area contributed by atoms with E-state index < -0.39 is 5.97 Å². The van der Waals surface area contributed by atoms with Gasteiger partial charge in [0.15, 0.2) is 0 Å². The van der Waals surface area contributed by atoms with Crippen LogP contribution in [0.15, 0.2) is 10.5 Å². The smallest absolute Gasteiger partial charge is 0.339 e. The molecule has 0 radical (unpaired) electrons. The van der Waals surface area contributed by atoms with Gasteiger partial charge in [0, 0.05) is 0 Å². The van der Waals surface area contributed by atoms with Crippen LogP contribution in [0, 0.1) is 6.92 Å². The van der Waals surface area contributed by atoms with Crippen LogP contribution in [0.4, 0.5) is 0 Å². The molecule has 1 heterocycles. The van der Waals surface area contributed by atoms with Gasteiger partial charge in [-0.3, -0.25) is 0 Å². The van der Waals surface area contributed by atoms with E-state index in [0.29, 0.717) is 18.1 Å². The van der Waals surface area contributed by atoms with Crippen LogP contribution in [0.5, 0.6) is 0 Å². The van der Waals surface area contributed by atoms with Crippen molar-refractivity contribution < 1.29 is 14.3 Å². The zero-order valence-corrected chi connectivity index (χ0v) is 7.05. The lowest BCUT2D eigenvalue weighted by atomic mass is 10.2. The zero-order valence-electron chi connectivity index (χ0n) is 7.05. The first-order valence-corrected chi connectivity index (χ1v) is 3.62. The fourth-order valence-corrected chi connectivity index (χ4v) is 1.02. The van der Waals surface area contributed by atoms with Crippen molar-refractivity contribution in [2.75, 3.05) is 7.05 Å². The number of aryl methyl sites for hydroxylation is 1. The third-order valence-electron chi connectivity index (χ3n) is 1.55. The largest absolute Gasteiger partial charge is 0.478 e. The van der Waals surface area contributed by atoms with Gasteiger partial charge in [-0.1, -0.05) is 0 Å². The van der Waals surface area contributed by atoms with Crippen molar-refractivity contribution in [3.8, 4) is 0 Å². The van der Waals surface area contributed by atoms with Gasteiger partial charge in [0.05, 0.1) is 6.54 Å². The second-order valence-electron chi connectivity index (χ2n) is 2.52. The molecule has 12 heavy (non-hydrogen) atoms. The molecule has 1 rings (SSSR count). The molecule has 2 N–H and O–H groups in total. The van der Waals surface area contributed by atoms with Crippen molar-refractivity contribution in [1.82, 2.24) is 5.32 Å². The number of nitrogens with one attached hydrogen (secondary N) is 1. The molecular formula is C8H11NO3. The molecule has 0 saturated heterocycles. The Morgan fingerprint density at radius 1 is 1.75 bits per heavy atom. The molecule has 0 unspecified atom stereocenters. The Kier molecular flexibility index (Phi) is 2.50. The van der Waals surface area contributed by atoms with Crippen molar-refractivity contribution in [2.45, 2.75) is 13.5 Å². The number of rotatable bonds is 3. The van der Waals surface area contributed by atoms with Gasteiger partial charge in [0.25, 0.3) is 0 Å². The Morgan fingerprint density at radius 2 is 2.42 bits per heavy atom. The molecule has 0 bridgehead atoms. The van der Waals surface area contributed by atoms with Gasteiger partial charge in [-0.2, -0.15) is 0 Å². The minimum atomic E-state index is -0.946. The van der Waals surface area contributed by atoms with Crippen molar-refractivity contribution in [3.05, 3.63) is 23.2 Å². The Labute approximate surface area is 70.2 Å². The summed E-state index contributed by atoms with van der Waals surface area (Å²) in [5.41, 5.74) is 0.236. The molecule has 0 amide bonds. The van der Waals surface area contributed by atoms with Crippen molar-refractivity contribution in [3.63, 3.8) is 0 Å². The number of hydrogen-bond donors (Lipinski definition) is 2. The van der Waals surface area contributed by atoms with Gasteiger partial charge < -0.3 is 14.8 Å². The van der Waals surface area contributed by atoms with E-state index >= 15 is 0 Å². The summed E-state index contributed by atoms with van der Waals surface area (Å²) in [5.74, 6) is 0.152. The molecule has 0 fully saturated rings. The van der Waals surface area contributed by atoms with Crippen LogP contribution in [0.2, 0.25) is 0 Å². The minimum absolute atomic E-state index is 0.236. The Hall–Kier alpha value is -1.29. The summed E-state index contributed by atoms with van der Waals surface area (Å²) in [7, 11) is 1.78. The first kappa shape index (κ1) is 8.80. The highest BCUT2D eigenvalue weighted by Gasteiger charge is 2.12. The van der Waals surface area contributed by atoms with Gasteiger partial charge in [-0.15, -0.1) is 0 Å². The molecule has 0 spiro atoms. The minimum Gasteiger partial charge on any atom is -0.478 e. The molecule has 0 atom stereocenters. The molecule has 66 valence electrons. The Morgan fingerprint density at radius 3 is 2.83 bits per heavy atom. The van der Waals surface area contributed by atoms with E-state index in [1.165, 1.54) is 6.07 Å². The highest BCUT2D eigenvalue weighted by atomic mass is 16.4. The van der Waals surface area contributed by atoms with Crippen LogP contribution in [0.3, 0.4) is 0 Å². The van der Waals surface area contributed by atoms with E-state index in [4.69, 9.17) is 9.52 Å². The summed E-state index contributed by atoms with van der Waals surface area (Å²) < 4.78 is 5.17. The highest BCUT2D eigenvalue weighted by Crippen LogP contribution is 2.13. The summed E-state index contributed by atoms with van der Waals surface area (Å²) in [6.45, 7) is 2.19. The molecule has 0 aliphatic rings. The van der Waals surface area contributed by atoms with Crippen LogP contribution in [-0.2, 0) is 6.54 Å². The Balaban J connectivity index is 2.92. The van der Waals surface area contributed by atoms with Crippen LogP contribution < -0.4 is 5.32 Å². The van der Waals surface area contributed by atoms with Crippen LogP contribution in [-0.4, -0.2) is 18.1 Å².